The number of hydrogen-bond acceptors (Lipinski definition) is 4. The number of halogens is 2. The number of nitrogens with zero attached hydrogens (tertiary/aromatic N) is 1. The number of carbonyl (C=O) groups is 1. The Kier molecular flexibility index (Phi) is 3.78. The van der Waals surface area contributed by atoms with Crippen molar-refractivity contribution in [3.05, 3.63) is 46.1 Å². The maximum Gasteiger partial charge on any atom is 0.267 e. The zero-order valence-electron chi connectivity index (χ0n) is 9.65. The van der Waals surface area contributed by atoms with E-state index in [1.807, 2.05) is 0 Å². The molecule has 0 aliphatic rings. The van der Waals surface area contributed by atoms with Crippen molar-refractivity contribution >= 4 is 46.3 Å². The summed E-state index contributed by atoms with van der Waals surface area (Å²) < 4.78 is 0. The van der Waals surface area contributed by atoms with Crippen LogP contribution in [0.5, 0.6) is 0 Å². The summed E-state index contributed by atoms with van der Waals surface area (Å²) in [6.45, 7) is 0. The smallest absolute Gasteiger partial charge is 0.267 e. The summed E-state index contributed by atoms with van der Waals surface area (Å²) in [5.74, 6) is -0.299. The predicted octanol–water partition coefficient (Wildman–Crippen LogP) is 2.81. The van der Waals surface area contributed by atoms with Gasteiger partial charge >= 0.3 is 0 Å². The Bertz CT molecular complexity index is 646. The topological polar surface area (TPSA) is 94.0 Å². The average molecular weight is 297 g/mol. The largest absolute Gasteiger partial charge is 0.396 e. The van der Waals surface area contributed by atoms with Crippen LogP contribution in [0.1, 0.15) is 10.5 Å². The van der Waals surface area contributed by atoms with Crippen molar-refractivity contribution in [1.29, 1.82) is 0 Å². The summed E-state index contributed by atoms with van der Waals surface area (Å²) in [6, 6.07) is 7.99. The van der Waals surface area contributed by atoms with E-state index in [2.05, 4.69) is 10.3 Å². The fourth-order valence-corrected chi connectivity index (χ4v) is 1.72. The lowest BCUT2D eigenvalue weighted by atomic mass is 10.3. The Labute approximate surface area is 119 Å². The van der Waals surface area contributed by atoms with Crippen LogP contribution in [0.3, 0.4) is 0 Å². The van der Waals surface area contributed by atoms with Gasteiger partial charge in [0.25, 0.3) is 5.91 Å². The minimum absolute atomic E-state index is 0.122. The lowest BCUT2D eigenvalue weighted by Crippen LogP contribution is -2.14. The first-order valence-electron chi connectivity index (χ1n) is 5.26. The van der Waals surface area contributed by atoms with E-state index in [4.69, 9.17) is 34.7 Å². The molecule has 0 aliphatic heterocycles. The first-order chi connectivity index (χ1) is 8.97. The Balaban J connectivity index is 2.34. The highest BCUT2D eigenvalue weighted by molar-refractivity contribution is 6.42. The molecule has 0 atom stereocenters. The molecule has 1 aromatic heterocycles. The summed E-state index contributed by atoms with van der Waals surface area (Å²) >= 11 is 11.7. The molecule has 0 saturated carbocycles. The zero-order valence-corrected chi connectivity index (χ0v) is 11.2. The number of anilines is 3. The molecule has 1 aromatic carbocycles. The maximum absolute atomic E-state index is 11.1. The highest BCUT2D eigenvalue weighted by Crippen LogP contribution is 2.28. The van der Waals surface area contributed by atoms with Crippen molar-refractivity contribution in [3.8, 4) is 0 Å². The Morgan fingerprint density at radius 1 is 1.16 bits per heavy atom. The molecule has 98 valence electrons. The number of nitrogens with one attached hydrogen (secondary N) is 1. The van der Waals surface area contributed by atoms with Crippen LogP contribution < -0.4 is 16.8 Å². The molecule has 0 aliphatic carbocycles. The van der Waals surface area contributed by atoms with Crippen molar-refractivity contribution in [1.82, 2.24) is 4.98 Å². The number of carbonyl (C=O) groups excluding carboxylic acids is 1. The number of amides is 1. The van der Waals surface area contributed by atoms with Gasteiger partial charge in [-0.05, 0) is 30.3 Å². The van der Waals surface area contributed by atoms with E-state index in [1.165, 1.54) is 6.07 Å². The minimum atomic E-state index is -0.628. The molecule has 5 nitrogen and oxygen atoms in total. The molecule has 1 amide bonds. The first kappa shape index (κ1) is 13.5. The van der Waals surface area contributed by atoms with Crippen molar-refractivity contribution in [2.24, 2.45) is 5.73 Å². The monoisotopic (exact) mass is 296 g/mol. The number of pyridine rings is 1. The van der Waals surface area contributed by atoms with Crippen LogP contribution in [-0.4, -0.2) is 10.9 Å². The molecule has 19 heavy (non-hydrogen) atoms. The van der Waals surface area contributed by atoms with Crippen molar-refractivity contribution in [2.75, 3.05) is 11.1 Å². The van der Waals surface area contributed by atoms with Gasteiger partial charge < -0.3 is 16.8 Å². The van der Waals surface area contributed by atoms with E-state index in [0.717, 1.165) is 0 Å². The Morgan fingerprint density at radius 2 is 1.89 bits per heavy atom. The third-order valence-corrected chi connectivity index (χ3v) is 3.10. The highest BCUT2D eigenvalue weighted by Gasteiger charge is 2.08. The number of primary amides is 1. The normalized spacial score (nSPS) is 10.2. The number of nitrogens with two attached hydrogens (primary N) is 2. The third kappa shape index (κ3) is 3.07. The summed E-state index contributed by atoms with van der Waals surface area (Å²) in [4.78, 5) is 15.1. The summed E-state index contributed by atoms with van der Waals surface area (Å²) in [6.07, 6.45) is 0. The molecule has 1 heterocycles. The van der Waals surface area contributed by atoms with Crippen LogP contribution in [0.4, 0.5) is 17.2 Å². The zero-order chi connectivity index (χ0) is 14.0. The van der Waals surface area contributed by atoms with E-state index in [0.29, 0.717) is 27.2 Å². The minimum Gasteiger partial charge on any atom is -0.396 e. The van der Waals surface area contributed by atoms with Crippen molar-refractivity contribution in [3.63, 3.8) is 0 Å². The molecule has 0 spiro atoms. The number of rotatable bonds is 3. The van der Waals surface area contributed by atoms with Crippen molar-refractivity contribution in [2.45, 2.75) is 0 Å². The Hall–Kier alpha value is -1.98. The second kappa shape index (κ2) is 5.34. The van der Waals surface area contributed by atoms with Gasteiger partial charge in [-0.1, -0.05) is 23.2 Å². The van der Waals surface area contributed by atoms with Gasteiger partial charge in [0.05, 0.1) is 15.7 Å². The van der Waals surface area contributed by atoms with Crippen LogP contribution in [0, 0.1) is 0 Å². The number of hydrogen-bond donors (Lipinski definition) is 3. The molecule has 2 rings (SSSR count). The Morgan fingerprint density at radius 3 is 2.53 bits per heavy atom. The summed E-state index contributed by atoms with van der Waals surface area (Å²) in [5, 5.41) is 3.79. The third-order valence-electron chi connectivity index (χ3n) is 2.36. The van der Waals surface area contributed by atoms with Crippen molar-refractivity contribution < 1.29 is 4.79 Å². The van der Waals surface area contributed by atoms with E-state index in [1.54, 1.807) is 24.3 Å². The van der Waals surface area contributed by atoms with Crippen LogP contribution in [0.15, 0.2) is 30.3 Å². The van der Waals surface area contributed by atoms with Crippen LogP contribution in [-0.2, 0) is 0 Å². The molecule has 0 radical (unpaired) electrons. The summed E-state index contributed by atoms with van der Waals surface area (Å²) in [7, 11) is 0. The maximum atomic E-state index is 11.1. The molecule has 0 unspecified atom stereocenters. The molecule has 7 heteroatoms. The fourth-order valence-electron chi connectivity index (χ4n) is 1.42. The average Bonchev–Trinajstić information content (AvgIpc) is 2.36. The molecular weight excluding hydrogens is 287 g/mol. The van der Waals surface area contributed by atoms with Gasteiger partial charge in [-0.15, -0.1) is 0 Å². The number of aromatic nitrogens is 1. The lowest BCUT2D eigenvalue weighted by molar-refractivity contribution is 0.0996. The fraction of sp³-hybridized carbons (Fsp3) is 0. The second-order valence-corrected chi connectivity index (χ2v) is 4.57. The standard InChI is InChI=1S/C12H10Cl2N4O/c13-7-2-1-6(5-8(7)14)17-12-9(15)3-4-10(18-12)11(16)19/h1-5H,15H2,(H2,16,19)(H,17,18). The van der Waals surface area contributed by atoms with E-state index < -0.39 is 5.91 Å². The van der Waals surface area contributed by atoms with Gasteiger partial charge in [0.15, 0.2) is 5.82 Å². The van der Waals surface area contributed by atoms with Crippen LogP contribution in [0.25, 0.3) is 0 Å². The molecule has 2 aromatic rings. The lowest BCUT2D eigenvalue weighted by Gasteiger charge is -2.10. The number of benzene rings is 1. The van der Waals surface area contributed by atoms with Crippen LogP contribution in [0.2, 0.25) is 10.0 Å². The molecule has 0 fully saturated rings. The number of nitrogen functional groups attached to an aromatic ring is 1. The molecule has 5 N–H and O–H groups in total. The first-order valence-corrected chi connectivity index (χ1v) is 6.01. The van der Waals surface area contributed by atoms with E-state index >= 15 is 0 Å². The van der Waals surface area contributed by atoms with Gasteiger partial charge in [0, 0.05) is 5.69 Å². The molecule has 0 bridgehead atoms. The van der Waals surface area contributed by atoms with E-state index in [9.17, 15) is 4.79 Å². The van der Waals surface area contributed by atoms with Gasteiger partial charge in [0.1, 0.15) is 5.69 Å². The quantitative estimate of drug-likeness (QED) is 0.812. The SMILES string of the molecule is NC(=O)c1ccc(N)c(Nc2ccc(Cl)c(Cl)c2)n1. The summed E-state index contributed by atoms with van der Waals surface area (Å²) in [5.41, 5.74) is 12.1. The molecular formula is C12H10Cl2N4O. The van der Waals surface area contributed by atoms with Gasteiger partial charge in [0.2, 0.25) is 0 Å². The van der Waals surface area contributed by atoms with Gasteiger partial charge in [-0.25, -0.2) is 4.98 Å². The van der Waals surface area contributed by atoms with E-state index in [-0.39, 0.29) is 5.69 Å². The van der Waals surface area contributed by atoms with Gasteiger partial charge in [-0.2, -0.15) is 0 Å². The van der Waals surface area contributed by atoms with Crippen LogP contribution >= 0.6 is 23.2 Å². The predicted molar refractivity (Wildman–Crippen MR) is 76.9 cm³/mol. The highest BCUT2D eigenvalue weighted by atomic mass is 35.5. The second-order valence-electron chi connectivity index (χ2n) is 3.75. The molecule has 0 saturated heterocycles. The van der Waals surface area contributed by atoms with Gasteiger partial charge in [-0.3, -0.25) is 4.79 Å².